The second-order valence-electron chi connectivity index (χ2n) is 6.30. The summed E-state index contributed by atoms with van der Waals surface area (Å²) in [4.78, 5) is 0.168. The van der Waals surface area contributed by atoms with Crippen molar-refractivity contribution >= 4 is 20.0 Å². The third-order valence-corrected chi connectivity index (χ3v) is 6.61. The molecule has 26 heavy (non-hydrogen) atoms. The van der Waals surface area contributed by atoms with Gasteiger partial charge in [-0.2, -0.15) is 4.31 Å². The first kappa shape index (κ1) is 20.6. The fourth-order valence-corrected chi connectivity index (χ4v) is 4.36. The smallest absolute Gasteiger partial charge is 0.212 e. The molecule has 8 heteroatoms. The summed E-state index contributed by atoms with van der Waals surface area (Å²) in [6, 6.07) is 14.1. The van der Waals surface area contributed by atoms with E-state index in [-0.39, 0.29) is 24.5 Å². The van der Waals surface area contributed by atoms with Crippen LogP contribution in [0, 0.1) is 13.8 Å². The lowest BCUT2D eigenvalue weighted by Gasteiger charge is -2.20. The van der Waals surface area contributed by atoms with Gasteiger partial charge < -0.3 is 0 Å². The Balaban J connectivity index is 2.04. The second-order valence-corrected chi connectivity index (χ2v) is 10.0. The molecular weight excluding hydrogens is 372 g/mol. The van der Waals surface area contributed by atoms with Crippen LogP contribution in [0.5, 0.6) is 0 Å². The monoisotopic (exact) mass is 396 g/mol. The maximum atomic E-state index is 12.3. The van der Waals surface area contributed by atoms with E-state index in [9.17, 15) is 16.8 Å². The number of rotatable bonds is 8. The molecule has 0 saturated heterocycles. The van der Waals surface area contributed by atoms with Crippen LogP contribution in [-0.4, -0.2) is 40.5 Å². The van der Waals surface area contributed by atoms with Crippen molar-refractivity contribution in [1.82, 2.24) is 9.03 Å². The molecule has 0 amide bonds. The summed E-state index contributed by atoms with van der Waals surface area (Å²) in [5.41, 5.74) is 2.78. The van der Waals surface area contributed by atoms with Crippen molar-refractivity contribution in [3.63, 3.8) is 0 Å². The highest BCUT2D eigenvalue weighted by molar-refractivity contribution is 7.89. The third-order valence-electron chi connectivity index (χ3n) is 3.90. The normalized spacial score (nSPS) is 12.5. The zero-order chi connectivity index (χ0) is 19.4. The van der Waals surface area contributed by atoms with Gasteiger partial charge in [0.05, 0.1) is 11.2 Å². The van der Waals surface area contributed by atoms with Gasteiger partial charge in [0.2, 0.25) is 20.0 Å². The van der Waals surface area contributed by atoms with E-state index in [2.05, 4.69) is 4.72 Å². The number of nitrogens with one attached hydrogen (secondary N) is 1. The minimum absolute atomic E-state index is 0.00476. The molecule has 0 heterocycles. The molecule has 6 nitrogen and oxygen atoms in total. The van der Waals surface area contributed by atoms with Crippen molar-refractivity contribution in [1.29, 1.82) is 0 Å². The summed E-state index contributed by atoms with van der Waals surface area (Å²) in [6.07, 6.45) is 1.12. The van der Waals surface area contributed by atoms with E-state index in [1.54, 1.807) is 12.1 Å². The highest BCUT2D eigenvalue weighted by atomic mass is 32.2. The lowest BCUT2D eigenvalue weighted by molar-refractivity contribution is 0.412. The van der Waals surface area contributed by atoms with E-state index < -0.39 is 20.0 Å². The van der Waals surface area contributed by atoms with Crippen molar-refractivity contribution in [2.45, 2.75) is 25.3 Å². The minimum atomic E-state index is -3.67. The lowest BCUT2D eigenvalue weighted by Crippen LogP contribution is -2.37. The Morgan fingerprint density at radius 2 is 1.58 bits per heavy atom. The zero-order valence-electron chi connectivity index (χ0n) is 15.1. The molecule has 0 aromatic heterocycles. The van der Waals surface area contributed by atoms with Crippen molar-refractivity contribution in [3.05, 3.63) is 65.2 Å². The van der Waals surface area contributed by atoms with Gasteiger partial charge in [-0.3, -0.25) is 0 Å². The maximum Gasteiger partial charge on any atom is 0.240 e. The molecule has 0 radical (unpaired) electrons. The van der Waals surface area contributed by atoms with Gasteiger partial charge in [-0.1, -0.05) is 42.0 Å². The molecule has 0 atom stereocenters. The molecule has 2 aromatic carbocycles. The van der Waals surface area contributed by atoms with Crippen LogP contribution in [0.25, 0.3) is 0 Å². The molecular formula is C18H24N2O4S2. The second kappa shape index (κ2) is 8.30. The van der Waals surface area contributed by atoms with Crippen molar-refractivity contribution in [2.75, 3.05) is 19.3 Å². The predicted molar refractivity (Wildman–Crippen MR) is 103 cm³/mol. The molecule has 0 aliphatic heterocycles. The van der Waals surface area contributed by atoms with E-state index in [1.165, 1.54) is 10.4 Å². The first-order chi connectivity index (χ1) is 12.1. The fourth-order valence-electron chi connectivity index (χ4n) is 2.43. The predicted octanol–water partition coefficient (Wildman–Crippen LogP) is 2.04. The molecule has 142 valence electrons. The summed E-state index contributed by atoms with van der Waals surface area (Å²) in [5.74, 6) is 0. The molecule has 0 saturated carbocycles. The average Bonchev–Trinajstić information content (AvgIpc) is 2.55. The third kappa shape index (κ3) is 5.91. The summed E-state index contributed by atoms with van der Waals surface area (Å²) in [7, 11) is -7.14. The summed E-state index contributed by atoms with van der Waals surface area (Å²) in [5, 5.41) is 0. The molecule has 0 aliphatic rings. The Kier molecular flexibility index (Phi) is 6.57. The molecule has 0 spiro atoms. The van der Waals surface area contributed by atoms with Crippen LogP contribution >= 0.6 is 0 Å². The Morgan fingerprint density at radius 1 is 0.923 bits per heavy atom. The molecule has 0 aliphatic carbocycles. The molecule has 0 bridgehead atoms. The topological polar surface area (TPSA) is 83.6 Å². The molecule has 0 fully saturated rings. The van der Waals surface area contributed by atoms with Crippen molar-refractivity contribution in [3.8, 4) is 0 Å². The number of sulfonamides is 2. The Morgan fingerprint density at radius 3 is 2.15 bits per heavy atom. The first-order valence-corrected chi connectivity index (χ1v) is 11.5. The highest BCUT2D eigenvalue weighted by Crippen LogP contribution is 2.12. The van der Waals surface area contributed by atoms with Crippen LogP contribution in [0.15, 0.2) is 53.4 Å². The lowest BCUT2D eigenvalue weighted by atomic mass is 10.1. The van der Waals surface area contributed by atoms with Crippen molar-refractivity contribution in [2.24, 2.45) is 0 Å². The largest absolute Gasteiger partial charge is 0.240 e. The quantitative estimate of drug-likeness (QED) is 0.740. The minimum Gasteiger partial charge on any atom is -0.212 e. The molecule has 2 aromatic rings. The van der Waals surface area contributed by atoms with Gasteiger partial charge in [-0.15, -0.1) is 0 Å². The number of hydrogen-bond acceptors (Lipinski definition) is 4. The summed E-state index contributed by atoms with van der Waals surface area (Å²) < 4.78 is 52.4. The van der Waals surface area contributed by atoms with E-state index in [0.717, 1.165) is 22.9 Å². The van der Waals surface area contributed by atoms with Gasteiger partial charge in [0.1, 0.15) is 0 Å². The summed E-state index contributed by atoms with van der Waals surface area (Å²) in [6.45, 7) is 4.02. The van der Waals surface area contributed by atoms with Crippen molar-refractivity contribution < 1.29 is 16.8 Å². The molecule has 0 unspecified atom stereocenters. The van der Waals surface area contributed by atoms with Gasteiger partial charge in [-0.05, 0) is 37.1 Å². The number of hydrogen-bond donors (Lipinski definition) is 1. The zero-order valence-corrected chi connectivity index (χ0v) is 16.8. The standard InChI is InChI=1S/C18H24N2O4S2/c1-15-7-9-17(10-8-15)14-20(25(3,21)22)12-11-19-26(23,24)18-6-4-5-16(2)13-18/h4-10,13,19H,11-12,14H2,1-3H3. The van der Waals surface area contributed by atoms with Gasteiger partial charge in [0, 0.05) is 19.6 Å². The highest BCUT2D eigenvalue weighted by Gasteiger charge is 2.19. The Bertz CT molecular complexity index is 953. The van der Waals surface area contributed by atoms with Crippen LogP contribution in [-0.2, 0) is 26.6 Å². The van der Waals surface area contributed by atoms with Crippen LogP contribution in [0.4, 0.5) is 0 Å². The van der Waals surface area contributed by atoms with Gasteiger partial charge in [0.25, 0.3) is 0 Å². The van der Waals surface area contributed by atoms with E-state index >= 15 is 0 Å². The van der Waals surface area contributed by atoms with Gasteiger partial charge in [0.15, 0.2) is 0 Å². The van der Waals surface area contributed by atoms with E-state index in [0.29, 0.717) is 0 Å². The molecule has 2 rings (SSSR count). The van der Waals surface area contributed by atoms with Crippen LogP contribution in [0.3, 0.4) is 0 Å². The maximum absolute atomic E-state index is 12.3. The van der Waals surface area contributed by atoms with Gasteiger partial charge >= 0.3 is 0 Å². The Hall–Kier alpha value is -1.74. The number of aryl methyl sites for hydroxylation is 2. The van der Waals surface area contributed by atoms with Gasteiger partial charge in [-0.25, -0.2) is 21.6 Å². The Labute approximate surface area is 156 Å². The SMILES string of the molecule is Cc1ccc(CN(CCNS(=O)(=O)c2cccc(C)c2)S(C)(=O)=O)cc1. The summed E-state index contributed by atoms with van der Waals surface area (Å²) >= 11 is 0. The number of benzene rings is 2. The number of nitrogens with zero attached hydrogens (tertiary/aromatic N) is 1. The van der Waals surface area contributed by atoms with Crippen LogP contribution < -0.4 is 4.72 Å². The fraction of sp³-hybridized carbons (Fsp3) is 0.333. The van der Waals surface area contributed by atoms with Crippen LogP contribution in [0.2, 0.25) is 0 Å². The van der Waals surface area contributed by atoms with E-state index in [4.69, 9.17) is 0 Å². The first-order valence-electron chi connectivity index (χ1n) is 8.15. The average molecular weight is 397 g/mol. The van der Waals surface area contributed by atoms with E-state index in [1.807, 2.05) is 44.2 Å². The van der Waals surface area contributed by atoms with Crippen LogP contribution in [0.1, 0.15) is 16.7 Å². The molecule has 1 N–H and O–H groups in total.